The van der Waals surface area contributed by atoms with E-state index in [-0.39, 0.29) is 0 Å². The topological polar surface area (TPSA) is 38.7 Å². The quantitative estimate of drug-likeness (QED) is 0.701. The van der Waals surface area contributed by atoms with Gasteiger partial charge in [-0.15, -0.1) is 0 Å². The average molecular weight is 178 g/mol. The minimum Gasteiger partial charge on any atom is -0.469 e. The van der Waals surface area contributed by atoms with Crippen molar-refractivity contribution in [2.45, 2.75) is 12.4 Å². The first kappa shape index (κ1) is 9.15. The van der Waals surface area contributed by atoms with Gasteiger partial charge < -0.3 is 14.6 Å². The minimum atomic E-state index is -3.81. The molecule has 0 fully saturated rings. The molecule has 0 aromatic heterocycles. The number of aliphatic hydroxyl groups is 1. The van der Waals surface area contributed by atoms with Crippen molar-refractivity contribution < 1.29 is 23.4 Å². The van der Waals surface area contributed by atoms with Gasteiger partial charge in [0.1, 0.15) is 6.61 Å². The molecule has 12 heavy (non-hydrogen) atoms. The SMILES string of the molecule is OC(F)(F)COC1C=CC=CO1. The molecule has 0 saturated carbocycles. The molecule has 1 unspecified atom stereocenters. The average Bonchev–Trinajstić information content (AvgIpc) is 2.02. The monoisotopic (exact) mass is 178 g/mol. The van der Waals surface area contributed by atoms with Crippen LogP contribution in [0.15, 0.2) is 24.5 Å². The third-order valence-corrected chi connectivity index (χ3v) is 1.09. The lowest BCUT2D eigenvalue weighted by atomic mass is 10.4. The van der Waals surface area contributed by atoms with E-state index in [1.807, 2.05) is 0 Å². The van der Waals surface area contributed by atoms with Crippen LogP contribution in [0.2, 0.25) is 0 Å². The fourth-order valence-electron chi connectivity index (χ4n) is 0.646. The first-order valence-electron chi connectivity index (χ1n) is 3.28. The Kier molecular flexibility index (Phi) is 2.78. The van der Waals surface area contributed by atoms with Gasteiger partial charge >= 0.3 is 6.11 Å². The predicted molar refractivity (Wildman–Crippen MR) is 36.3 cm³/mol. The maximum absolute atomic E-state index is 11.8. The maximum atomic E-state index is 11.8. The van der Waals surface area contributed by atoms with Crippen LogP contribution in [0.25, 0.3) is 0 Å². The molecule has 1 rings (SSSR count). The lowest BCUT2D eigenvalue weighted by Gasteiger charge is -2.17. The summed E-state index contributed by atoms with van der Waals surface area (Å²) in [5.74, 6) is 0. The Balaban J connectivity index is 2.24. The van der Waals surface area contributed by atoms with Crippen molar-refractivity contribution in [3.05, 3.63) is 24.5 Å². The molecule has 1 aliphatic heterocycles. The van der Waals surface area contributed by atoms with Gasteiger partial charge in [0.15, 0.2) is 0 Å². The van der Waals surface area contributed by atoms with Crippen LogP contribution in [-0.4, -0.2) is 24.1 Å². The Morgan fingerprint density at radius 2 is 2.25 bits per heavy atom. The predicted octanol–water partition coefficient (Wildman–Crippen LogP) is 1.01. The van der Waals surface area contributed by atoms with Crippen LogP contribution < -0.4 is 0 Å². The molecule has 1 N–H and O–H groups in total. The summed E-state index contributed by atoms with van der Waals surface area (Å²) in [6, 6.07) is 0. The van der Waals surface area contributed by atoms with Gasteiger partial charge in [0.25, 0.3) is 0 Å². The highest BCUT2D eigenvalue weighted by Crippen LogP contribution is 2.11. The third kappa shape index (κ3) is 3.45. The van der Waals surface area contributed by atoms with Gasteiger partial charge in [-0.3, -0.25) is 0 Å². The Bertz CT molecular complexity index is 195. The molecule has 68 valence electrons. The van der Waals surface area contributed by atoms with Crippen LogP contribution in [0.5, 0.6) is 0 Å². The molecular weight excluding hydrogens is 170 g/mol. The van der Waals surface area contributed by atoms with Crippen molar-refractivity contribution in [3.8, 4) is 0 Å². The second-order valence-corrected chi connectivity index (χ2v) is 2.19. The zero-order valence-corrected chi connectivity index (χ0v) is 6.11. The Morgan fingerprint density at radius 3 is 2.75 bits per heavy atom. The summed E-state index contributed by atoms with van der Waals surface area (Å²) in [5, 5.41) is 7.99. The van der Waals surface area contributed by atoms with E-state index in [1.165, 1.54) is 12.3 Å². The van der Waals surface area contributed by atoms with E-state index in [4.69, 9.17) is 9.84 Å². The van der Waals surface area contributed by atoms with Crippen LogP contribution >= 0.6 is 0 Å². The van der Waals surface area contributed by atoms with E-state index in [2.05, 4.69) is 4.74 Å². The normalized spacial score (nSPS) is 22.4. The summed E-state index contributed by atoms with van der Waals surface area (Å²) in [5.41, 5.74) is 0. The highest BCUT2D eigenvalue weighted by Gasteiger charge is 2.26. The molecule has 0 aromatic rings. The van der Waals surface area contributed by atoms with Gasteiger partial charge in [-0.2, -0.15) is 8.78 Å². The number of rotatable bonds is 3. The largest absolute Gasteiger partial charge is 0.469 e. The van der Waals surface area contributed by atoms with Crippen molar-refractivity contribution in [3.63, 3.8) is 0 Å². The standard InChI is InChI=1S/C7H8F2O3/c8-7(9,10)5-12-6-3-1-2-4-11-6/h1-4,6,10H,5H2. The molecule has 1 atom stereocenters. The fraction of sp³-hybridized carbons (Fsp3) is 0.429. The van der Waals surface area contributed by atoms with Crippen LogP contribution in [0, 0.1) is 0 Å². The highest BCUT2D eigenvalue weighted by molar-refractivity contribution is 5.05. The Morgan fingerprint density at radius 1 is 1.50 bits per heavy atom. The van der Waals surface area contributed by atoms with Gasteiger partial charge in [0.2, 0.25) is 6.29 Å². The molecule has 0 bridgehead atoms. The molecule has 1 aliphatic rings. The lowest BCUT2D eigenvalue weighted by Crippen LogP contribution is -2.27. The van der Waals surface area contributed by atoms with E-state index in [0.717, 1.165) is 0 Å². The third-order valence-electron chi connectivity index (χ3n) is 1.09. The van der Waals surface area contributed by atoms with Crippen LogP contribution in [0.1, 0.15) is 0 Å². The molecular formula is C7H8F2O3. The van der Waals surface area contributed by atoms with E-state index in [1.54, 1.807) is 12.2 Å². The van der Waals surface area contributed by atoms with Gasteiger partial charge in [0.05, 0.1) is 6.26 Å². The van der Waals surface area contributed by atoms with Crippen LogP contribution in [0.3, 0.4) is 0 Å². The van der Waals surface area contributed by atoms with Crippen molar-refractivity contribution >= 4 is 0 Å². The molecule has 1 heterocycles. The Labute approximate surface area is 67.9 Å². The zero-order valence-electron chi connectivity index (χ0n) is 6.11. The maximum Gasteiger partial charge on any atom is 0.376 e. The lowest BCUT2D eigenvalue weighted by molar-refractivity contribution is -0.252. The van der Waals surface area contributed by atoms with E-state index in [9.17, 15) is 8.78 Å². The number of halogens is 2. The summed E-state index contributed by atoms with van der Waals surface area (Å²) in [7, 11) is 0. The minimum absolute atomic E-state index is 0.840. The molecule has 0 spiro atoms. The molecule has 3 nitrogen and oxygen atoms in total. The first-order valence-corrected chi connectivity index (χ1v) is 3.28. The number of ether oxygens (including phenoxy) is 2. The van der Waals surface area contributed by atoms with E-state index in [0.29, 0.717) is 0 Å². The van der Waals surface area contributed by atoms with Crippen LogP contribution in [0.4, 0.5) is 8.78 Å². The van der Waals surface area contributed by atoms with Gasteiger partial charge in [0, 0.05) is 0 Å². The summed E-state index contributed by atoms with van der Waals surface area (Å²) in [6.07, 6.45) is 1.32. The Hall–Kier alpha value is -0.940. The fourth-order valence-corrected chi connectivity index (χ4v) is 0.646. The van der Waals surface area contributed by atoms with Crippen LogP contribution in [-0.2, 0) is 9.47 Å². The summed E-state index contributed by atoms with van der Waals surface area (Å²) >= 11 is 0. The van der Waals surface area contributed by atoms with Crippen molar-refractivity contribution in [1.29, 1.82) is 0 Å². The van der Waals surface area contributed by atoms with Crippen molar-refractivity contribution in [1.82, 2.24) is 0 Å². The number of alkyl halides is 2. The molecule has 0 aliphatic carbocycles. The second-order valence-electron chi connectivity index (χ2n) is 2.19. The van der Waals surface area contributed by atoms with Gasteiger partial charge in [-0.1, -0.05) is 6.08 Å². The zero-order chi connectivity index (χ0) is 9.03. The molecule has 0 amide bonds. The summed E-state index contributed by atoms with van der Waals surface area (Å²) in [6.45, 7) is -1.07. The van der Waals surface area contributed by atoms with Gasteiger partial charge in [-0.05, 0) is 12.2 Å². The first-order chi connectivity index (χ1) is 5.58. The van der Waals surface area contributed by atoms with Crippen molar-refractivity contribution in [2.24, 2.45) is 0 Å². The number of allylic oxidation sites excluding steroid dienone is 2. The number of hydrogen-bond acceptors (Lipinski definition) is 3. The smallest absolute Gasteiger partial charge is 0.376 e. The van der Waals surface area contributed by atoms with Gasteiger partial charge in [-0.25, -0.2) is 0 Å². The summed E-state index contributed by atoms with van der Waals surface area (Å²) in [4.78, 5) is 0. The van der Waals surface area contributed by atoms with E-state index < -0.39 is 19.0 Å². The highest BCUT2D eigenvalue weighted by atomic mass is 19.3. The summed E-state index contributed by atoms with van der Waals surface area (Å²) < 4.78 is 32.8. The van der Waals surface area contributed by atoms with Crippen molar-refractivity contribution in [2.75, 3.05) is 6.61 Å². The molecule has 0 radical (unpaired) electrons. The molecule has 5 heteroatoms. The molecule has 0 saturated heterocycles. The van der Waals surface area contributed by atoms with E-state index >= 15 is 0 Å². The second kappa shape index (κ2) is 3.64. The molecule has 0 aromatic carbocycles. The number of hydrogen-bond donors (Lipinski definition) is 1.